The van der Waals surface area contributed by atoms with E-state index in [1.807, 2.05) is 19.1 Å². The van der Waals surface area contributed by atoms with Gasteiger partial charge in [-0.05, 0) is 37.1 Å². The van der Waals surface area contributed by atoms with Crippen LogP contribution in [0.15, 0.2) is 42.5 Å². The standard InChI is InChI=1S/C23H27ClF3N3O4S/c1-5-19(22(32)28-3)29(13-16-8-6-15(2)7-9-16)21(31)14-30(35(4,33)34)20-12-17(23(25,26)27)10-11-18(20)24/h6-12,19H,5,13-14H2,1-4H3,(H,28,32)/t19-/m1/s1. The Labute approximate surface area is 207 Å². The van der Waals surface area contributed by atoms with E-state index in [9.17, 15) is 31.2 Å². The highest BCUT2D eigenvalue weighted by Crippen LogP contribution is 2.36. The smallest absolute Gasteiger partial charge is 0.357 e. The van der Waals surface area contributed by atoms with Crippen molar-refractivity contribution in [3.05, 3.63) is 64.2 Å². The Morgan fingerprint density at radius 3 is 2.20 bits per heavy atom. The molecular formula is C23H27ClF3N3O4S. The number of likely N-dealkylation sites (N-methyl/N-ethyl adjacent to an activating group) is 1. The van der Waals surface area contributed by atoms with Crippen LogP contribution in [0.25, 0.3) is 0 Å². The van der Waals surface area contributed by atoms with Gasteiger partial charge in [0.05, 0.1) is 22.5 Å². The molecule has 0 unspecified atom stereocenters. The molecule has 12 heteroatoms. The Morgan fingerprint density at radius 1 is 1.11 bits per heavy atom. The summed E-state index contributed by atoms with van der Waals surface area (Å²) in [5.41, 5.74) is 0.0636. The van der Waals surface area contributed by atoms with E-state index in [4.69, 9.17) is 11.6 Å². The number of carbonyl (C=O) groups excluding carboxylic acids is 2. The summed E-state index contributed by atoms with van der Waals surface area (Å²) in [7, 11) is -2.83. The molecule has 0 saturated heterocycles. The molecule has 0 bridgehead atoms. The van der Waals surface area contributed by atoms with Crippen LogP contribution in [-0.4, -0.2) is 51.0 Å². The van der Waals surface area contributed by atoms with Crippen molar-refractivity contribution in [1.82, 2.24) is 10.2 Å². The minimum absolute atomic E-state index is 0.0149. The van der Waals surface area contributed by atoms with Gasteiger partial charge in [-0.15, -0.1) is 0 Å². The maximum Gasteiger partial charge on any atom is 0.416 e. The molecule has 2 amide bonds. The lowest BCUT2D eigenvalue weighted by Gasteiger charge is -2.33. The van der Waals surface area contributed by atoms with Gasteiger partial charge >= 0.3 is 6.18 Å². The molecule has 0 radical (unpaired) electrons. The van der Waals surface area contributed by atoms with Crippen LogP contribution in [0.4, 0.5) is 18.9 Å². The number of carbonyl (C=O) groups is 2. The highest BCUT2D eigenvalue weighted by atomic mass is 35.5. The predicted molar refractivity (Wildman–Crippen MR) is 129 cm³/mol. The number of hydrogen-bond donors (Lipinski definition) is 1. The summed E-state index contributed by atoms with van der Waals surface area (Å²) < 4.78 is 65.5. The summed E-state index contributed by atoms with van der Waals surface area (Å²) in [6, 6.07) is 8.47. The van der Waals surface area contributed by atoms with Crippen molar-refractivity contribution in [3.8, 4) is 0 Å². The van der Waals surface area contributed by atoms with Crippen LogP contribution in [0.3, 0.4) is 0 Å². The van der Waals surface area contributed by atoms with Gasteiger partial charge in [0.1, 0.15) is 12.6 Å². The third kappa shape index (κ3) is 7.35. The van der Waals surface area contributed by atoms with Crippen LogP contribution in [-0.2, 0) is 32.3 Å². The SMILES string of the molecule is CC[C@H](C(=O)NC)N(Cc1ccc(C)cc1)C(=O)CN(c1cc(C(F)(F)F)ccc1Cl)S(C)(=O)=O. The topological polar surface area (TPSA) is 86.8 Å². The Morgan fingerprint density at radius 2 is 1.71 bits per heavy atom. The number of amides is 2. The van der Waals surface area contributed by atoms with Crippen LogP contribution >= 0.6 is 11.6 Å². The summed E-state index contributed by atoms with van der Waals surface area (Å²) in [4.78, 5) is 27.2. The van der Waals surface area contributed by atoms with Crippen molar-refractivity contribution < 1.29 is 31.2 Å². The van der Waals surface area contributed by atoms with Crippen molar-refractivity contribution in [2.45, 2.75) is 39.0 Å². The van der Waals surface area contributed by atoms with Gasteiger partial charge in [-0.3, -0.25) is 13.9 Å². The summed E-state index contributed by atoms with van der Waals surface area (Å²) in [6.07, 6.45) is -3.77. The highest BCUT2D eigenvalue weighted by Gasteiger charge is 2.35. The molecule has 0 aromatic heterocycles. The number of anilines is 1. The second-order valence-corrected chi connectivity index (χ2v) is 10.3. The predicted octanol–water partition coefficient (Wildman–Crippen LogP) is 3.99. The van der Waals surface area contributed by atoms with E-state index in [0.29, 0.717) is 15.9 Å². The quantitative estimate of drug-likeness (QED) is 0.528. The zero-order valence-electron chi connectivity index (χ0n) is 19.7. The Balaban J connectivity index is 2.52. The minimum Gasteiger partial charge on any atom is -0.357 e. The van der Waals surface area contributed by atoms with Crippen molar-refractivity contribution in [1.29, 1.82) is 0 Å². The summed E-state index contributed by atoms with van der Waals surface area (Å²) in [5.74, 6) is -1.24. The lowest BCUT2D eigenvalue weighted by atomic mass is 10.1. The molecule has 2 aromatic rings. The van der Waals surface area contributed by atoms with Gasteiger partial charge in [-0.2, -0.15) is 13.2 Å². The van der Waals surface area contributed by atoms with Gasteiger partial charge in [-0.1, -0.05) is 48.4 Å². The van der Waals surface area contributed by atoms with Gasteiger partial charge in [0.15, 0.2) is 0 Å². The highest BCUT2D eigenvalue weighted by molar-refractivity contribution is 7.92. The summed E-state index contributed by atoms with van der Waals surface area (Å²) in [6.45, 7) is 2.71. The Kier molecular flexibility index (Phi) is 9.18. The van der Waals surface area contributed by atoms with Crippen LogP contribution in [0.5, 0.6) is 0 Å². The maximum atomic E-state index is 13.4. The van der Waals surface area contributed by atoms with Gasteiger partial charge in [0.2, 0.25) is 21.8 Å². The van der Waals surface area contributed by atoms with E-state index < -0.39 is 51.9 Å². The molecule has 2 aromatic carbocycles. The fourth-order valence-electron chi connectivity index (χ4n) is 3.45. The molecule has 1 atom stereocenters. The number of nitrogens with zero attached hydrogens (tertiary/aromatic N) is 2. The maximum absolute atomic E-state index is 13.4. The van der Waals surface area contributed by atoms with Crippen LogP contribution < -0.4 is 9.62 Å². The van der Waals surface area contributed by atoms with Crippen LogP contribution in [0, 0.1) is 6.92 Å². The van der Waals surface area contributed by atoms with Crippen LogP contribution in [0.1, 0.15) is 30.0 Å². The molecule has 0 spiro atoms. The van der Waals surface area contributed by atoms with Crippen LogP contribution in [0.2, 0.25) is 5.02 Å². The van der Waals surface area contributed by atoms with Crippen molar-refractivity contribution in [2.75, 3.05) is 24.2 Å². The average molecular weight is 534 g/mol. The molecule has 1 N–H and O–H groups in total. The monoisotopic (exact) mass is 533 g/mol. The molecule has 0 heterocycles. The molecule has 0 aliphatic rings. The molecule has 0 aliphatic heterocycles. The first kappa shape index (κ1) is 28.4. The largest absolute Gasteiger partial charge is 0.416 e. The van der Waals surface area contributed by atoms with E-state index in [0.717, 1.165) is 24.0 Å². The Bertz CT molecular complexity index is 1170. The molecule has 0 aliphatic carbocycles. The molecule has 2 rings (SSSR count). The van der Waals surface area contributed by atoms with E-state index >= 15 is 0 Å². The molecule has 0 fully saturated rings. The van der Waals surface area contributed by atoms with Gasteiger partial charge in [-0.25, -0.2) is 8.42 Å². The summed E-state index contributed by atoms with van der Waals surface area (Å²) >= 11 is 6.05. The number of aryl methyl sites for hydroxylation is 1. The minimum atomic E-state index is -4.75. The zero-order valence-corrected chi connectivity index (χ0v) is 21.3. The fraction of sp³-hybridized carbons (Fsp3) is 0.391. The molecule has 35 heavy (non-hydrogen) atoms. The second-order valence-electron chi connectivity index (χ2n) is 7.98. The van der Waals surface area contributed by atoms with Gasteiger partial charge < -0.3 is 10.2 Å². The van der Waals surface area contributed by atoms with E-state index in [1.165, 1.54) is 11.9 Å². The number of nitrogens with one attached hydrogen (secondary N) is 1. The van der Waals surface area contributed by atoms with E-state index in [-0.39, 0.29) is 18.0 Å². The van der Waals surface area contributed by atoms with Gasteiger partial charge in [0.25, 0.3) is 0 Å². The zero-order chi connectivity index (χ0) is 26.6. The first-order chi connectivity index (χ1) is 16.2. The second kappa shape index (κ2) is 11.3. The number of rotatable bonds is 9. The Hall–Kier alpha value is -2.79. The number of halogens is 4. The average Bonchev–Trinajstić information content (AvgIpc) is 2.77. The number of sulfonamides is 1. The lowest BCUT2D eigenvalue weighted by molar-refractivity contribution is -0.140. The first-order valence-corrected chi connectivity index (χ1v) is 12.8. The number of benzene rings is 2. The number of hydrogen-bond acceptors (Lipinski definition) is 4. The fourth-order valence-corrected chi connectivity index (χ4v) is 4.57. The molecule has 7 nitrogen and oxygen atoms in total. The summed E-state index contributed by atoms with van der Waals surface area (Å²) in [5, 5.41) is 2.21. The first-order valence-electron chi connectivity index (χ1n) is 10.6. The van der Waals surface area contributed by atoms with Crippen molar-refractivity contribution in [2.24, 2.45) is 0 Å². The van der Waals surface area contributed by atoms with Gasteiger partial charge in [0, 0.05) is 13.6 Å². The third-order valence-corrected chi connectivity index (χ3v) is 6.77. The third-order valence-electron chi connectivity index (χ3n) is 5.33. The van der Waals surface area contributed by atoms with Crippen molar-refractivity contribution in [3.63, 3.8) is 0 Å². The molecule has 0 saturated carbocycles. The molecule has 192 valence electrons. The van der Waals surface area contributed by atoms with Crippen molar-refractivity contribution >= 4 is 39.1 Å². The lowest BCUT2D eigenvalue weighted by Crippen LogP contribution is -2.51. The van der Waals surface area contributed by atoms with E-state index in [1.54, 1.807) is 19.1 Å². The molecular weight excluding hydrogens is 507 g/mol. The van der Waals surface area contributed by atoms with E-state index in [2.05, 4.69) is 5.32 Å². The number of alkyl halides is 3. The normalized spacial score (nSPS) is 12.7.